The standard InChI is InChI=1S/C17H16N4O/c1-21(11-15(18)22)17-13-9-5-6-10-14(13)19-16(20-17)12-7-3-2-4-8-12/h2-10H,11H2,1H3,(H2,18,22). The lowest BCUT2D eigenvalue weighted by atomic mass is 10.2. The summed E-state index contributed by atoms with van der Waals surface area (Å²) in [6.07, 6.45) is 0. The summed E-state index contributed by atoms with van der Waals surface area (Å²) >= 11 is 0. The predicted octanol–water partition coefficient (Wildman–Crippen LogP) is 2.22. The zero-order chi connectivity index (χ0) is 15.5. The normalized spacial score (nSPS) is 10.6. The summed E-state index contributed by atoms with van der Waals surface area (Å²) in [6, 6.07) is 17.5. The Balaban J connectivity index is 2.18. The quantitative estimate of drug-likeness (QED) is 0.800. The molecule has 0 saturated heterocycles. The molecule has 0 unspecified atom stereocenters. The molecule has 0 aliphatic rings. The van der Waals surface area contributed by atoms with E-state index < -0.39 is 5.91 Å². The third-order valence-electron chi connectivity index (χ3n) is 3.37. The molecule has 0 fully saturated rings. The Morgan fingerprint density at radius 3 is 2.45 bits per heavy atom. The number of amides is 1. The molecule has 0 aliphatic heterocycles. The number of anilines is 1. The third-order valence-corrected chi connectivity index (χ3v) is 3.37. The molecule has 3 aromatic rings. The Morgan fingerprint density at radius 1 is 1.05 bits per heavy atom. The van der Waals surface area contributed by atoms with E-state index in [1.165, 1.54) is 0 Å². The molecule has 5 heteroatoms. The second-order valence-electron chi connectivity index (χ2n) is 5.08. The van der Waals surface area contributed by atoms with Crippen molar-refractivity contribution in [2.45, 2.75) is 0 Å². The van der Waals surface area contributed by atoms with E-state index in [1.807, 2.05) is 54.6 Å². The number of hydrogen-bond acceptors (Lipinski definition) is 4. The number of likely N-dealkylation sites (N-methyl/N-ethyl adjacent to an activating group) is 1. The van der Waals surface area contributed by atoms with Crippen LogP contribution in [0.15, 0.2) is 54.6 Å². The van der Waals surface area contributed by atoms with Gasteiger partial charge in [0.2, 0.25) is 5.91 Å². The Morgan fingerprint density at radius 2 is 1.73 bits per heavy atom. The van der Waals surface area contributed by atoms with Crippen LogP contribution in [0.3, 0.4) is 0 Å². The topological polar surface area (TPSA) is 72.1 Å². The van der Waals surface area contributed by atoms with E-state index in [0.29, 0.717) is 11.6 Å². The number of benzene rings is 2. The van der Waals surface area contributed by atoms with Gasteiger partial charge in [-0.2, -0.15) is 0 Å². The first-order valence-corrected chi connectivity index (χ1v) is 6.97. The molecule has 0 atom stereocenters. The summed E-state index contributed by atoms with van der Waals surface area (Å²) in [7, 11) is 1.80. The Kier molecular flexibility index (Phi) is 3.70. The van der Waals surface area contributed by atoms with Gasteiger partial charge in [0.25, 0.3) is 0 Å². The minimum atomic E-state index is -0.397. The van der Waals surface area contributed by atoms with E-state index in [2.05, 4.69) is 9.97 Å². The summed E-state index contributed by atoms with van der Waals surface area (Å²) in [5, 5.41) is 0.894. The van der Waals surface area contributed by atoms with Crippen LogP contribution in [-0.2, 0) is 4.79 Å². The van der Waals surface area contributed by atoms with Crippen molar-refractivity contribution >= 4 is 22.6 Å². The molecule has 0 radical (unpaired) electrons. The second kappa shape index (κ2) is 5.81. The van der Waals surface area contributed by atoms with Gasteiger partial charge in [0.1, 0.15) is 5.82 Å². The smallest absolute Gasteiger partial charge is 0.236 e. The van der Waals surface area contributed by atoms with E-state index in [9.17, 15) is 4.79 Å². The number of para-hydroxylation sites is 1. The van der Waals surface area contributed by atoms with E-state index in [4.69, 9.17) is 5.73 Å². The van der Waals surface area contributed by atoms with E-state index in [0.717, 1.165) is 16.5 Å². The van der Waals surface area contributed by atoms with Crippen LogP contribution >= 0.6 is 0 Å². The summed E-state index contributed by atoms with van der Waals surface area (Å²) in [5.41, 5.74) is 7.07. The highest BCUT2D eigenvalue weighted by Gasteiger charge is 2.13. The molecule has 0 saturated carbocycles. The van der Waals surface area contributed by atoms with Gasteiger partial charge in [0.05, 0.1) is 12.1 Å². The van der Waals surface area contributed by atoms with Crippen molar-refractivity contribution < 1.29 is 4.79 Å². The number of rotatable bonds is 4. The highest BCUT2D eigenvalue weighted by molar-refractivity contribution is 5.92. The molecule has 110 valence electrons. The molecule has 1 aromatic heterocycles. The predicted molar refractivity (Wildman–Crippen MR) is 87.4 cm³/mol. The Bertz CT molecular complexity index is 817. The molecule has 5 nitrogen and oxygen atoms in total. The van der Waals surface area contributed by atoms with Crippen LogP contribution < -0.4 is 10.6 Å². The molecule has 1 heterocycles. The summed E-state index contributed by atoms with van der Waals surface area (Å²) < 4.78 is 0. The summed E-state index contributed by atoms with van der Waals surface area (Å²) in [5.74, 6) is 0.931. The number of aromatic nitrogens is 2. The van der Waals surface area contributed by atoms with Crippen molar-refractivity contribution in [3.63, 3.8) is 0 Å². The minimum absolute atomic E-state index is 0.106. The average Bonchev–Trinajstić information content (AvgIpc) is 2.54. The van der Waals surface area contributed by atoms with Gasteiger partial charge in [0, 0.05) is 18.0 Å². The average molecular weight is 292 g/mol. The van der Waals surface area contributed by atoms with Gasteiger partial charge in [0.15, 0.2) is 5.82 Å². The largest absolute Gasteiger partial charge is 0.368 e. The summed E-state index contributed by atoms with van der Waals surface area (Å²) in [4.78, 5) is 22.2. The number of primary amides is 1. The Hall–Kier alpha value is -2.95. The maximum absolute atomic E-state index is 11.2. The molecule has 1 amide bonds. The lowest BCUT2D eigenvalue weighted by Gasteiger charge is -2.19. The molecule has 2 N–H and O–H groups in total. The number of nitrogens with zero attached hydrogens (tertiary/aromatic N) is 3. The molecule has 2 aromatic carbocycles. The molecule has 0 spiro atoms. The number of nitrogens with two attached hydrogens (primary N) is 1. The van der Waals surface area contributed by atoms with Gasteiger partial charge in [-0.1, -0.05) is 42.5 Å². The highest BCUT2D eigenvalue weighted by atomic mass is 16.1. The van der Waals surface area contributed by atoms with Crippen LogP contribution in [0.1, 0.15) is 0 Å². The van der Waals surface area contributed by atoms with Gasteiger partial charge in [-0.05, 0) is 12.1 Å². The van der Waals surface area contributed by atoms with E-state index in [1.54, 1.807) is 11.9 Å². The van der Waals surface area contributed by atoms with Crippen molar-refractivity contribution in [1.82, 2.24) is 9.97 Å². The van der Waals surface area contributed by atoms with Crippen molar-refractivity contribution in [1.29, 1.82) is 0 Å². The minimum Gasteiger partial charge on any atom is -0.368 e. The molecule has 0 aliphatic carbocycles. The lowest BCUT2D eigenvalue weighted by molar-refractivity contribution is -0.116. The Labute approximate surface area is 128 Å². The van der Waals surface area contributed by atoms with Crippen molar-refractivity contribution in [3.05, 3.63) is 54.6 Å². The molecule has 0 bridgehead atoms. The molecular weight excluding hydrogens is 276 g/mol. The van der Waals surface area contributed by atoms with Crippen molar-refractivity contribution in [2.75, 3.05) is 18.5 Å². The first-order valence-electron chi connectivity index (χ1n) is 6.97. The van der Waals surface area contributed by atoms with Crippen LogP contribution in [-0.4, -0.2) is 29.5 Å². The fourth-order valence-electron chi connectivity index (χ4n) is 2.38. The van der Waals surface area contributed by atoms with Gasteiger partial charge in [-0.3, -0.25) is 4.79 Å². The number of fused-ring (bicyclic) bond motifs is 1. The number of carbonyl (C=O) groups excluding carboxylic acids is 1. The first kappa shape index (κ1) is 14.0. The molecule has 3 rings (SSSR count). The van der Waals surface area contributed by atoms with Crippen LogP contribution in [0.25, 0.3) is 22.3 Å². The first-order chi connectivity index (χ1) is 10.6. The zero-order valence-corrected chi connectivity index (χ0v) is 12.2. The number of carbonyl (C=O) groups is 1. The van der Waals surface area contributed by atoms with Crippen LogP contribution in [0.5, 0.6) is 0 Å². The fourth-order valence-corrected chi connectivity index (χ4v) is 2.38. The van der Waals surface area contributed by atoms with E-state index in [-0.39, 0.29) is 6.54 Å². The molecular formula is C17H16N4O. The van der Waals surface area contributed by atoms with Gasteiger partial charge in [-0.25, -0.2) is 9.97 Å². The van der Waals surface area contributed by atoms with Crippen LogP contribution in [0, 0.1) is 0 Å². The summed E-state index contributed by atoms with van der Waals surface area (Å²) in [6.45, 7) is 0.106. The maximum atomic E-state index is 11.2. The zero-order valence-electron chi connectivity index (χ0n) is 12.2. The monoisotopic (exact) mass is 292 g/mol. The lowest BCUT2D eigenvalue weighted by Crippen LogP contribution is -2.31. The van der Waals surface area contributed by atoms with E-state index >= 15 is 0 Å². The number of hydrogen-bond donors (Lipinski definition) is 1. The fraction of sp³-hybridized carbons (Fsp3) is 0.118. The highest BCUT2D eigenvalue weighted by Crippen LogP contribution is 2.26. The van der Waals surface area contributed by atoms with Gasteiger partial charge >= 0.3 is 0 Å². The van der Waals surface area contributed by atoms with Crippen molar-refractivity contribution in [3.8, 4) is 11.4 Å². The van der Waals surface area contributed by atoms with Gasteiger partial charge < -0.3 is 10.6 Å². The maximum Gasteiger partial charge on any atom is 0.236 e. The van der Waals surface area contributed by atoms with Crippen LogP contribution in [0.4, 0.5) is 5.82 Å². The second-order valence-corrected chi connectivity index (χ2v) is 5.08. The van der Waals surface area contributed by atoms with Crippen LogP contribution in [0.2, 0.25) is 0 Å². The van der Waals surface area contributed by atoms with Gasteiger partial charge in [-0.15, -0.1) is 0 Å². The van der Waals surface area contributed by atoms with Crippen molar-refractivity contribution in [2.24, 2.45) is 5.73 Å². The third kappa shape index (κ3) is 2.74. The SMILES string of the molecule is CN(CC(N)=O)c1nc(-c2ccccc2)nc2ccccc12. The molecule has 22 heavy (non-hydrogen) atoms.